The molecule has 8 fully saturated rings. The highest BCUT2D eigenvalue weighted by molar-refractivity contribution is 5.20. The summed E-state index contributed by atoms with van der Waals surface area (Å²) in [5.41, 5.74) is -1.49. The Bertz CT molecular complexity index is 1980. The number of hydrogen-bond acceptors (Lipinski definition) is 22. The Balaban J connectivity index is 1.01. The lowest BCUT2D eigenvalue weighted by Gasteiger charge is -2.71. The van der Waals surface area contributed by atoms with E-state index in [1.807, 2.05) is 20.8 Å². The maximum absolute atomic E-state index is 12.8. The van der Waals surface area contributed by atoms with Crippen molar-refractivity contribution in [1.82, 2.24) is 0 Å². The minimum absolute atomic E-state index is 0.0493. The van der Waals surface area contributed by atoms with E-state index in [2.05, 4.69) is 40.7 Å². The molecule has 4 saturated carbocycles. The molecule has 440 valence electrons. The van der Waals surface area contributed by atoms with Crippen molar-refractivity contribution in [3.8, 4) is 0 Å². The largest absolute Gasteiger partial charge is 0.394 e. The first kappa shape index (κ1) is 60.9. The summed E-state index contributed by atoms with van der Waals surface area (Å²) < 4.78 is 49.1. The Morgan fingerprint density at radius 2 is 1.13 bits per heavy atom. The smallest absolute Gasteiger partial charge is 0.187 e. The van der Waals surface area contributed by atoms with Gasteiger partial charge in [-0.1, -0.05) is 46.3 Å². The van der Waals surface area contributed by atoms with Gasteiger partial charge >= 0.3 is 0 Å². The van der Waals surface area contributed by atoms with Gasteiger partial charge in [-0.3, -0.25) is 0 Å². The van der Waals surface area contributed by atoms with Crippen LogP contribution < -0.4 is 0 Å². The third-order valence-corrected chi connectivity index (χ3v) is 20.9. The number of fused-ring (bicyclic) bond motifs is 5. The molecule has 4 aliphatic carbocycles. The second-order valence-electron chi connectivity index (χ2n) is 25.7. The van der Waals surface area contributed by atoms with Gasteiger partial charge in [0.15, 0.2) is 25.2 Å². The van der Waals surface area contributed by atoms with Crippen molar-refractivity contribution in [2.75, 3.05) is 19.8 Å². The predicted molar refractivity (Wildman–Crippen MR) is 265 cm³/mol. The van der Waals surface area contributed by atoms with E-state index in [9.17, 15) is 71.5 Å². The highest BCUT2D eigenvalue weighted by Gasteiger charge is 2.72. The number of hydrogen-bond donors (Lipinski definition) is 14. The normalized spacial score (nSPS) is 53.2. The standard InChI is InChI=1S/C54H92O22/c1-23(2)11-10-15-54(9,76-48-44(68)40(64)37(61)29(73-48)22-69-46-42(66)38(62)34(58)24(3)70-46)25-12-17-53(8)33(25)26(57)19-31-51(6)16-14-32(50(4,5)30(51)13-18-52(31,53)7)74-49-45(41(65)36(60)28(21-56)72-49)75-47-43(67)39(63)35(59)27(20-55)71-47/h11,24-49,55-68H,10,12-22H2,1-9H3. The fourth-order valence-corrected chi connectivity index (χ4v) is 16.2. The van der Waals surface area contributed by atoms with E-state index in [0.29, 0.717) is 38.5 Å². The number of ether oxygens (including phenoxy) is 8. The van der Waals surface area contributed by atoms with E-state index in [4.69, 9.17) is 37.9 Å². The summed E-state index contributed by atoms with van der Waals surface area (Å²) in [6, 6.07) is 0. The van der Waals surface area contributed by atoms with Crippen LogP contribution in [0.3, 0.4) is 0 Å². The summed E-state index contributed by atoms with van der Waals surface area (Å²) >= 11 is 0. The minimum Gasteiger partial charge on any atom is -0.394 e. The van der Waals surface area contributed by atoms with Gasteiger partial charge < -0.3 is 109 Å². The van der Waals surface area contributed by atoms with Crippen LogP contribution >= 0.6 is 0 Å². The third-order valence-electron chi connectivity index (χ3n) is 20.9. The van der Waals surface area contributed by atoms with Crippen molar-refractivity contribution >= 4 is 0 Å². The van der Waals surface area contributed by atoms with E-state index in [1.54, 1.807) is 0 Å². The summed E-state index contributed by atoms with van der Waals surface area (Å²) in [6.07, 6.45) is -23.7. The van der Waals surface area contributed by atoms with Crippen LogP contribution in [0.15, 0.2) is 11.6 Å². The van der Waals surface area contributed by atoms with Crippen LogP contribution in [0.5, 0.6) is 0 Å². The van der Waals surface area contributed by atoms with Gasteiger partial charge in [0.25, 0.3) is 0 Å². The van der Waals surface area contributed by atoms with Crippen LogP contribution in [-0.2, 0) is 37.9 Å². The second-order valence-corrected chi connectivity index (χ2v) is 25.7. The van der Waals surface area contributed by atoms with Crippen LogP contribution in [0.4, 0.5) is 0 Å². The fourth-order valence-electron chi connectivity index (χ4n) is 16.2. The average Bonchev–Trinajstić information content (AvgIpc) is 3.77. The molecular weight excluding hydrogens is 1000 g/mol. The maximum Gasteiger partial charge on any atom is 0.187 e. The molecule has 30 unspecified atom stereocenters. The molecule has 4 aliphatic heterocycles. The molecule has 30 atom stereocenters. The van der Waals surface area contributed by atoms with Gasteiger partial charge in [-0.25, -0.2) is 0 Å². The molecule has 0 aromatic carbocycles. The molecule has 4 saturated heterocycles. The lowest BCUT2D eigenvalue weighted by molar-refractivity contribution is -0.378. The van der Waals surface area contributed by atoms with Crippen molar-refractivity contribution in [3.63, 3.8) is 0 Å². The molecule has 4 heterocycles. The third kappa shape index (κ3) is 10.5. The van der Waals surface area contributed by atoms with Crippen molar-refractivity contribution in [2.45, 2.75) is 261 Å². The van der Waals surface area contributed by atoms with Crippen molar-refractivity contribution in [3.05, 3.63) is 11.6 Å². The molecule has 8 rings (SSSR count). The first-order valence-electron chi connectivity index (χ1n) is 27.7. The molecule has 0 radical (unpaired) electrons. The number of allylic oxidation sites excluding steroid dienone is 2. The Hall–Kier alpha value is -1.14. The molecule has 22 nitrogen and oxygen atoms in total. The molecule has 0 spiro atoms. The highest BCUT2D eigenvalue weighted by atomic mass is 16.8. The lowest BCUT2D eigenvalue weighted by Crippen LogP contribution is -2.68. The van der Waals surface area contributed by atoms with E-state index in [1.165, 1.54) is 6.92 Å². The molecule has 0 aromatic heterocycles. The van der Waals surface area contributed by atoms with Gasteiger partial charge in [-0.15, -0.1) is 0 Å². The fraction of sp³-hybridized carbons (Fsp3) is 0.963. The van der Waals surface area contributed by atoms with Crippen molar-refractivity contribution in [1.29, 1.82) is 0 Å². The summed E-state index contributed by atoms with van der Waals surface area (Å²) in [7, 11) is 0. The zero-order valence-electron chi connectivity index (χ0n) is 45.6. The first-order chi connectivity index (χ1) is 35.5. The quantitative estimate of drug-likeness (QED) is 0.0678. The van der Waals surface area contributed by atoms with Gasteiger partial charge in [0.2, 0.25) is 0 Å². The van der Waals surface area contributed by atoms with Crippen molar-refractivity contribution in [2.24, 2.45) is 45.3 Å². The Morgan fingerprint density at radius 1 is 0.579 bits per heavy atom. The van der Waals surface area contributed by atoms with E-state index in [-0.39, 0.29) is 34.5 Å². The maximum atomic E-state index is 12.8. The number of aliphatic hydroxyl groups excluding tert-OH is 14. The lowest BCUT2D eigenvalue weighted by atomic mass is 9.35. The van der Waals surface area contributed by atoms with Gasteiger partial charge in [0.05, 0.1) is 43.7 Å². The van der Waals surface area contributed by atoms with Gasteiger partial charge in [0.1, 0.15) is 91.6 Å². The molecule has 8 aliphatic rings. The topological polar surface area (TPSA) is 357 Å². The van der Waals surface area contributed by atoms with Gasteiger partial charge in [-0.05, 0) is 131 Å². The Kier molecular flexibility index (Phi) is 18.4. The highest BCUT2D eigenvalue weighted by Crippen LogP contribution is 2.76. The van der Waals surface area contributed by atoms with E-state index < -0.39 is 171 Å². The second kappa shape index (κ2) is 22.9. The Morgan fingerprint density at radius 3 is 1.76 bits per heavy atom. The van der Waals surface area contributed by atoms with Crippen LogP contribution in [0.2, 0.25) is 0 Å². The van der Waals surface area contributed by atoms with E-state index in [0.717, 1.165) is 24.8 Å². The molecule has 14 N–H and O–H groups in total. The summed E-state index contributed by atoms with van der Waals surface area (Å²) in [4.78, 5) is 0. The average molecular weight is 1090 g/mol. The zero-order valence-corrected chi connectivity index (χ0v) is 45.6. The molecule has 76 heavy (non-hydrogen) atoms. The summed E-state index contributed by atoms with van der Waals surface area (Å²) in [5, 5.41) is 152. The number of aliphatic hydroxyl groups is 14. The summed E-state index contributed by atoms with van der Waals surface area (Å²) in [5.74, 6) is -0.404. The SMILES string of the molecule is CC(C)=CCCC(C)(OC1OC(COC2OC(C)C(O)C(O)C2O)C(O)C(O)C1O)C1CCC2(C)C1C(O)CC1C3(C)CCC(OC4OC(CO)C(O)C(O)C4OC4OC(CO)C(O)C(O)C4O)C(C)(C)C3CCC12C. The molecule has 0 bridgehead atoms. The predicted octanol–water partition coefficient (Wildman–Crippen LogP) is -1.17. The van der Waals surface area contributed by atoms with Gasteiger partial charge in [0, 0.05) is 0 Å². The van der Waals surface area contributed by atoms with Crippen LogP contribution in [0, 0.1) is 45.3 Å². The number of rotatable bonds is 15. The minimum atomic E-state index is -1.81. The van der Waals surface area contributed by atoms with Crippen LogP contribution in [0.1, 0.15) is 120 Å². The van der Waals surface area contributed by atoms with Crippen LogP contribution in [0.25, 0.3) is 0 Å². The molecule has 22 heteroatoms. The first-order valence-corrected chi connectivity index (χ1v) is 27.7. The summed E-state index contributed by atoms with van der Waals surface area (Å²) in [6.45, 7) is 16.9. The molecule has 0 aromatic rings. The zero-order chi connectivity index (χ0) is 55.9. The molecule has 0 amide bonds. The Labute approximate surface area is 445 Å². The molecular formula is C54H92O22. The van der Waals surface area contributed by atoms with Crippen LogP contribution in [-0.4, -0.2) is 232 Å². The van der Waals surface area contributed by atoms with Gasteiger partial charge in [-0.2, -0.15) is 0 Å². The van der Waals surface area contributed by atoms with Crippen molar-refractivity contribution < 1.29 is 109 Å². The monoisotopic (exact) mass is 1090 g/mol. The van der Waals surface area contributed by atoms with E-state index >= 15 is 0 Å².